The van der Waals surface area contributed by atoms with Gasteiger partial charge in [-0.1, -0.05) is 19.0 Å². The molecule has 20 heavy (non-hydrogen) atoms. The normalized spacial score (nSPS) is 13.5. The molecule has 4 N–H and O–H groups in total. The van der Waals surface area contributed by atoms with Crippen LogP contribution in [0.15, 0.2) is 29.4 Å². The van der Waals surface area contributed by atoms with E-state index in [4.69, 9.17) is 15.7 Å². The number of oxime groups is 1. The van der Waals surface area contributed by atoms with Crippen LogP contribution in [-0.4, -0.2) is 30.2 Å². The third-order valence-corrected chi connectivity index (χ3v) is 2.95. The highest BCUT2D eigenvalue weighted by Crippen LogP contribution is 2.11. The summed E-state index contributed by atoms with van der Waals surface area (Å²) in [6.07, 6.45) is 1.16. The van der Waals surface area contributed by atoms with Gasteiger partial charge in [0.05, 0.1) is 0 Å². The molecule has 0 radical (unpaired) electrons. The van der Waals surface area contributed by atoms with Crippen LogP contribution in [0, 0.1) is 5.92 Å². The van der Waals surface area contributed by atoms with Crippen LogP contribution in [0.3, 0.4) is 0 Å². The molecule has 112 valence electrons. The maximum atomic E-state index is 8.57. The number of nitrogens with one attached hydrogen (secondary N) is 1. The Labute approximate surface area is 120 Å². The molecule has 0 heterocycles. The number of hydrogen-bond acceptors (Lipinski definition) is 4. The molecule has 0 spiro atoms. The van der Waals surface area contributed by atoms with Gasteiger partial charge in [-0.3, -0.25) is 0 Å². The SMILES string of the molecule is CC(C)CC(C)NCCOc1ccc(C(N)=NO)cc1. The van der Waals surface area contributed by atoms with E-state index >= 15 is 0 Å². The number of nitrogens with zero attached hydrogens (tertiary/aromatic N) is 1. The zero-order valence-electron chi connectivity index (χ0n) is 12.5. The second-order valence-corrected chi connectivity index (χ2v) is 5.34. The highest BCUT2D eigenvalue weighted by atomic mass is 16.5. The van der Waals surface area contributed by atoms with Crippen LogP contribution in [0.25, 0.3) is 0 Å². The van der Waals surface area contributed by atoms with E-state index in [1.165, 1.54) is 0 Å². The van der Waals surface area contributed by atoms with Crippen molar-refractivity contribution in [3.8, 4) is 5.75 Å². The monoisotopic (exact) mass is 279 g/mol. The second kappa shape index (κ2) is 8.43. The molecule has 0 saturated carbocycles. The summed E-state index contributed by atoms with van der Waals surface area (Å²) in [5, 5.41) is 14.9. The Morgan fingerprint density at radius 2 is 1.95 bits per heavy atom. The van der Waals surface area contributed by atoms with Gasteiger partial charge in [-0.2, -0.15) is 0 Å². The number of rotatable bonds is 8. The summed E-state index contributed by atoms with van der Waals surface area (Å²) in [5.74, 6) is 1.57. The standard InChI is InChI=1S/C15H25N3O2/c1-11(2)10-12(3)17-8-9-20-14-6-4-13(5-7-14)15(16)18-19/h4-7,11-12,17,19H,8-10H2,1-3H3,(H2,16,18). The van der Waals surface area contributed by atoms with Gasteiger partial charge < -0.3 is 21.0 Å². The maximum Gasteiger partial charge on any atom is 0.170 e. The minimum Gasteiger partial charge on any atom is -0.492 e. The summed E-state index contributed by atoms with van der Waals surface area (Å²) in [6.45, 7) is 8.06. The second-order valence-electron chi connectivity index (χ2n) is 5.34. The van der Waals surface area contributed by atoms with Crippen LogP contribution in [-0.2, 0) is 0 Å². The van der Waals surface area contributed by atoms with Gasteiger partial charge in [0.1, 0.15) is 12.4 Å². The van der Waals surface area contributed by atoms with Crippen molar-refractivity contribution in [1.82, 2.24) is 5.32 Å². The average molecular weight is 279 g/mol. The number of amidine groups is 1. The van der Waals surface area contributed by atoms with Gasteiger partial charge in [0.2, 0.25) is 0 Å². The lowest BCUT2D eigenvalue weighted by Crippen LogP contribution is -2.31. The van der Waals surface area contributed by atoms with Gasteiger partial charge in [0.15, 0.2) is 5.84 Å². The van der Waals surface area contributed by atoms with Gasteiger partial charge in [-0.15, -0.1) is 0 Å². The lowest BCUT2D eigenvalue weighted by molar-refractivity contribution is 0.301. The Morgan fingerprint density at radius 1 is 1.30 bits per heavy atom. The quantitative estimate of drug-likeness (QED) is 0.224. The first-order chi connectivity index (χ1) is 9.52. The predicted octanol–water partition coefficient (Wildman–Crippen LogP) is 2.18. The summed E-state index contributed by atoms with van der Waals surface area (Å²) >= 11 is 0. The molecule has 1 aromatic carbocycles. The van der Waals surface area contributed by atoms with Crippen LogP contribution >= 0.6 is 0 Å². The topological polar surface area (TPSA) is 79.9 Å². The van der Waals surface area contributed by atoms with Crippen molar-refractivity contribution in [3.63, 3.8) is 0 Å². The van der Waals surface area contributed by atoms with Crippen molar-refractivity contribution < 1.29 is 9.94 Å². The predicted molar refractivity (Wildman–Crippen MR) is 81.4 cm³/mol. The van der Waals surface area contributed by atoms with Crippen molar-refractivity contribution in [1.29, 1.82) is 0 Å². The minimum absolute atomic E-state index is 0.0979. The average Bonchev–Trinajstić information content (AvgIpc) is 2.42. The van der Waals surface area contributed by atoms with Gasteiger partial charge >= 0.3 is 0 Å². The lowest BCUT2D eigenvalue weighted by Gasteiger charge is -2.16. The Morgan fingerprint density at radius 3 is 2.50 bits per heavy atom. The summed E-state index contributed by atoms with van der Waals surface area (Å²) < 4.78 is 5.62. The molecular weight excluding hydrogens is 254 g/mol. The highest BCUT2D eigenvalue weighted by Gasteiger charge is 2.04. The van der Waals surface area contributed by atoms with E-state index < -0.39 is 0 Å². The fourth-order valence-corrected chi connectivity index (χ4v) is 2.04. The van der Waals surface area contributed by atoms with Crippen LogP contribution in [0.4, 0.5) is 0 Å². The molecule has 5 heteroatoms. The molecule has 1 rings (SSSR count). The largest absolute Gasteiger partial charge is 0.492 e. The van der Waals surface area contributed by atoms with E-state index in [0.29, 0.717) is 24.1 Å². The van der Waals surface area contributed by atoms with E-state index in [1.807, 2.05) is 12.1 Å². The zero-order chi connectivity index (χ0) is 15.0. The van der Waals surface area contributed by atoms with Gasteiger partial charge in [-0.25, -0.2) is 0 Å². The summed E-state index contributed by atoms with van der Waals surface area (Å²) in [5.41, 5.74) is 6.16. The van der Waals surface area contributed by atoms with E-state index in [2.05, 4.69) is 31.2 Å². The molecule has 0 aliphatic carbocycles. The molecule has 5 nitrogen and oxygen atoms in total. The molecule has 0 aromatic heterocycles. The Bertz CT molecular complexity index is 416. The molecule has 1 aromatic rings. The van der Waals surface area contributed by atoms with E-state index in [9.17, 15) is 0 Å². The molecule has 0 aliphatic rings. The van der Waals surface area contributed by atoms with Crippen LogP contribution < -0.4 is 15.8 Å². The van der Waals surface area contributed by atoms with Crippen molar-refractivity contribution in [2.24, 2.45) is 16.8 Å². The Hall–Kier alpha value is -1.75. The first-order valence-corrected chi connectivity index (χ1v) is 6.97. The van der Waals surface area contributed by atoms with Crippen molar-refractivity contribution >= 4 is 5.84 Å². The molecule has 1 atom stereocenters. The summed E-state index contributed by atoms with van der Waals surface area (Å²) in [6, 6.07) is 7.65. The number of benzene rings is 1. The molecular formula is C15H25N3O2. The number of ether oxygens (including phenoxy) is 1. The first kappa shape index (κ1) is 16.3. The maximum absolute atomic E-state index is 8.57. The van der Waals surface area contributed by atoms with Crippen molar-refractivity contribution in [2.75, 3.05) is 13.2 Å². The van der Waals surface area contributed by atoms with Gasteiger partial charge in [0, 0.05) is 18.2 Å². The fourth-order valence-electron chi connectivity index (χ4n) is 2.04. The summed E-state index contributed by atoms with van der Waals surface area (Å²) in [4.78, 5) is 0. The third kappa shape index (κ3) is 5.93. The highest BCUT2D eigenvalue weighted by molar-refractivity contribution is 5.97. The molecule has 0 amide bonds. The van der Waals surface area contributed by atoms with Crippen molar-refractivity contribution in [2.45, 2.75) is 33.2 Å². The molecule has 1 unspecified atom stereocenters. The smallest absolute Gasteiger partial charge is 0.170 e. The Balaban J connectivity index is 2.29. The van der Waals surface area contributed by atoms with Crippen LogP contribution in [0.2, 0.25) is 0 Å². The van der Waals surface area contributed by atoms with E-state index in [-0.39, 0.29) is 5.84 Å². The Kier molecular flexibility index (Phi) is 6.87. The summed E-state index contributed by atoms with van der Waals surface area (Å²) in [7, 11) is 0. The number of nitrogens with two attached hydrogens (primary N) is 1. The number of hydrogen-bond donors (Lipinski definition) is 3. The van der Waals surface area contributed by atoms with E-state index in [0.717, 1.165) is 18.7 Å². The van der Waals surface area contributed by atoms with Gasteiger partial charge in [0.25, 0.3) is 0 Å². The molecule has 0 fully saturated rings. The molecule has 0 bridgehead atoms. The van der Waals surface area contributed by atoms with Gasteiger partial charge in [-0.05, 0) is 43.5 Å². The lowest BCUT2D eigenvalue weighted by atomic mass is 10.1. The molecule has 0 saturated heterocycles. The fraction of sp³-hybridized carbons (Fsp3) is 0.533. The van der Waals surface area contributed by atoms with E-state index in [1.54, 1.807) is 12.1 Å². The van der Waals surface area contributed by atoms with Crippen LogP contribution in [0.5, 0.6) is 5.75 Å². The van der Waals surface area contributed by atoms with Crippen LogP contribution in [0.1, 0.15) is 32.8 Å². The third-order valence-electron chi connectivity index (χ3n) is 2.95. The first-order valence-electron chi connectivity index (χ1n) is 6.97. The van der Waals surface area contributed by atoms with Crippen molar-refractivity contribution in [3.05, 3.63) is 29.8 Å². The minimum atomic E-state index is 0.0979. The zero-order valence-corrected chi connectivity index (χ0v) is 12.5. The molecule has 0 aliphatic heterocycles.